The first-order chi connectivity index (χ1) is 11.1. The second kappa shape index (κ2) is 11.7. The Labute approximate surface area is 138 Å². The van der Waals surface area contributed by atoms with E-state index in [0.717, 1.165) is 24.8 Å². The van der Waals surface area contributed by atoms with Crippen LogP contribution in [0.3, 0.4) is 0 Å². The highest BCUT2D eigenvalue weighted by molar-refractivity contribution is 5.79. The largest absolute Gasteiger partial charge is 0.481 e. The molecule has 5 heteroatoms. The zero-order valence-electron chi connectivity index (χ0n) is 13.9. The first-order valence-corrected chi connectivity index (χ1v) is 8.32. The van der Waals surface area contributed by atoms with Crippen LogP contribution < -0.4 is 0 Å². The molecule has 0 aliphatic heterocycles. The summed E-state index contributed by atoms with van der Waals surface area (Å²) in [6, 6.07) is 9.62. The van der Waals surface area contributed by atoms with Crippen LogP contribution in [-0.2, 0) is 21.0 Å². The van der Waals surface area contributed by atoms with Crippen molar-refractivity contribution < 1.29 is 19.5 Å². The molecule has 0 bridgehead atoms. The molecule has 1 amide bonds. The maximum atomic E-state index is 12.1. The standard InChI is InChI=1S/C18H27NO4/c1-2-3-4-5-9-14-19(17(20)12-13-18(21)22)23-15-16-10-7-6-8-11-16/h6-8,10-11H,2-5,9,12-15H2,1H3,(H,21,22). The van der Waals surface area contributed by atoms with Gasteiger partial charge in [0.2, 0.25) is 5.91 Å². The number of hydrogen-bond acceptors (Lipinski definition) is 3. The van der Waals surface area contributed by atoms with E-state index in [-0.39, 0.29) is 18.7 Å². The predicted octanol–water partition coefficient (Wildman–Crippen LogP) is 3.78. The molecule has 0 saturated carbocycles. The van der Waals surface area contributed by atoms with E-state index in [1.807, 2.05) is 30.3 Å². The monoisotopic (exact) mass is 321 g/mol. The average molecular weight is 321 g/mol. The zero-order valence-corrected chi connectivity index (χ0v) is 13.9. The van der Waals surface area contributed by atoms with Crippen molar-refractivity contribution in [2.24, 2.45) is 0 Å². The molecule has 5 nitrogen and oxygen atoms in total. The van der Waals surface area contributed by atoms with Crippen molar-refractivity contribution >= 4 is 11.9 Å². The summed E-state index contributed by atoms with van der Waals surface area (Å²) in [5.74, 6) is -1.23. The highest BCUT2D eigenvalue weighted by Gasteiger charge is 2.15. The first kappa shape index (κ1) is 19.2. The van der Waals surface area contributed by atoms with Gasteiger partial charge in [0.25, 0.3) is 0 Å². The number of unbranched alkanes of at least 4 members (excludes halogenated alkanes) is 4. The fourth-order valence-electron chi connectivity index (χ4n) is 2.19. The van der Waals surface area contributed by atoms with Gasteiger partial charge in [-0.1, -0.05) is 62.9 Å². The first-order valence-electron chi connectivity index (χ1n) is 8.32. The molecule has 1 rings (SSSR count). The Bertz CT molecular complexity index is 461. The lowest BCUT2D eigenvalue weighted by Crippen LogP contribution is -2.32. The molecular weight excluding hydrogens is 294 g/mol. The van der Waals surface area contributed by atoms with Crippen molar-refractivity contribution in [1.82, 2.24) is 5.06 Å². The van der Waals surface area contributed by atoms with Crippen LogP contribution >= 0.6 is 0 Å². The maximum Gasteiger partial charge on any atom is 0.303 e. The predicted molar refractivity (Wildman–Crippen MR) is 88.6 cm³/mol. The van der Waals surface area contributed by atoms with Crippen LogP contribution in [0.15, 0.2) is 30.3 Å². The normalized spacial score (nSPS) is 10.5. The summed E-state index contributed by atoms with van der Waals surface area (Å²) in [5.41, 5.74) is 0.981. The molecule has 0 unspecified atom stereocenters. The quantitative estimate of drug-likeness (QED) is 0.470. The van der Waals surface area contributed by atoms with E-state index >= 15 is 0 Å². The second-order valence-corrected chi connectivity index (χ2v) is 5.56. The summed E-state index contributed by atoms with van der Waals surface area (Å²) in [6.07, 6.45) is 5.23. The van der Waals surface area contributed by atoms with Crippen molar-refractivity contribution in [3.63, 3.8) is 0 Å². The van der Waals surface area contributed by atoms with Crippen LogP contribution in [0.1, 0.15) is 57.4 Å². The van der Waals surface area contributed by atoms with Gasteiger partial charge in [-0.15, -0.1) is 0 Å². The van der Waals surface area contributed by atoms with Crippen molar-refractivity contribution in [3.05, 3.63) is 35.9 Å². The van der Waals surface area contributed by atoms with Gasteiger partial charge in [-0.2, -0.15) is 0 Å². The van der Waals surface area contributed by atoms with Gasteiger partial charge in [0.05, 0.1) is 6.42 Å². The number of carbonyl (C=O) groups excluding carboxylic acids is 1. The number of rotatable bonds is 12. The van der Waals surface area contributed by atoms with Crippen LogP contribution in [0.4, 0.5) is 0 Å². The third-order valence-electron chi connectivity index (χ3n) is 3.53. The number of aliphatic carboxylic acids is 1. The van der Waals surface area contributed by atoms with Gasteiger partial charge in [-0.05, 0) is 12.0 Å². The molecule has 0 heterocycles. The highest BCUT2D eigenvalue weighted by atomic mass is 16.7. The lowest BCUT2D eigenvalue weighted by Gasteiger charge is -2.22. The Morgan fingerprint density at radius 3 is 2.39 bits per heavy atom. The van der Waals surface area contributed by atoms with E-state index in [1.165, 1.54) is 17.9 Å². The van der Waals surface area contributed by atoms with E-state index in [4.69, 9.17) is 9.94 Å². The number of carboxylic acid groups (broad SMARTS) is 1. The Morgan fingerprint density at radius 1 is 1.04 bits per heavy atom. The number of amides is 1. The number of hydrogen-bond donors (Lipinski definition) is 1. The molecule has 0 atom stereocenters. The summed E-state index contributed by atoms with van der Waals surface area (Å²) in [5, 5.41) is 10.0. The fraction of sp³-hybridized carbons (Fsp3) is 0.556. The number of nitrogens with zero attached hydrogens (tertiary/aromatic N) is 1. The van der Waals surface area contributed by atoms with Gasteiger partial charge in [0.15, 0.2) is 0 Å². The Hall–Kier alpha value is -1.88. The third-order valence-corrected chi connectivity index (χ3v) is 3.53. The minimum absolute atomic E-state index is 0.0287. The molecule has 0 fully saturated rings. The van der Waals surface area contributed by atoms with Crippen molar-refractivity contribution in [1.29, 1.82) is 0 Å². The second-order valence-electron chi connectivity index (χ2n) is 5.56. The van der Waals surface area contributed by atoms with Gasteiger partial charge in [-0.3, -0.25) is 14.4 Å². The molecule has 0 aliphatic carbocycles. The number of benzene rings is 1. The van der Waals surface area contributed by atoms with E-state index in [0.29, 0.717) is 13.2 Å². The van der Waals surface area contributed by atoms with Crippen LogP contribution in [0.2, 0.25) is 0 Å². The van der Waals surface area contributed by atoms with Gasteiger partial charge in [0, 0.05) is 13.0 Å². The Balaban J connectivity index is 2.45. The minimum atomic E-state index is -0.968. The Morgan fingerprint density at radius 2 is 1.74 bits per heavy atom. The van der Waals surface area contributed by atoms with Crippen LogP contribution in [0.25, 0.3) is 0 Å². The topological polar surface area (TPSA) is 66.8 Å². The molecule has 1 aromatic carbocycles. The third kappa shape index (κ3) is 8.98. The molecule has 23 heavy (non-hydrogen) atoms. The summed E-state index contributed by atoms with van der Waals surface area (Å²) in [6.45, 7) is 2.98. The molecule has 0 aromatic heterocycles. The minimum Gasteiger partial charge on any atom is -0.481 e. The van der Waals surface area contributed by atoms with Crippen LogP contribution in [-0.4, -0.2) is 28.6 Å². The van der Waals surface area contributed by atoms with Crippen molar-refractivity contribution in [2.75, 3.05) is 6.54 Å². The molecule has 0 spiro atoms. The van der Waals surface area contributed by atoms with Gasteiger partial charge < -0.3 is 5.11 Å². The zero-order chi connectivity index (χ0) is 16.9. The molecule has 1 N–H and O–H groups in total. The van der Waals surface area contributed by atoms with Crippen molar-refractivity contribution in [2.45, 2.75) is 58.5 Å². The molecule has 0 saturated heterocycles. The van der Waals surface area contributed by atoms with Crippen LogP contribution in [0.5, 0.6) is 0 Å². The molecule has 0 aliphatic rings. The maximum absolute atomic E-state index is 12.1. The molecule has 128 valence electrons. The van der Waals surface area contributed by atoms with Crippen LogP contribution in [0, 0.1) is 0 Å². The summed E-state index contributed by atoms with van der Waals surface area (Å²) in [4.78, 5) is 28.4. The van der Waals surface area contributed by atoms with Gasteiger partial charge >= 0.3 is 5.97 Å². The molecular formula is C18H27NO4. The highest BCUT2D eigenvalue weighted by Crippen LogP contribution is 2.09. The fourth-order valence-corrected chi connectivity index (χ4v) is 2.19. The van der Waals surface area contributed by atoms with Crippen molar-refractivity contribution in [3.8, 4) is 0 Å². The summed E-state index contributed by atoms with van der Waals surface area (Å²) < 4.78 is 0. The summed E-state index contributed by atoms with van der Waals surface area (Å²) in [7, 11) is 0. The average Bonchev–Trinajstić information content (AvgIpc) is 2.56. The van der Waals surface area contributed by atoms with Gasteiger partial charge in [-0.25, -0.2) is 5.06 Å². The Kier molecular flexibility index (Phi) is 9.71. The number of hydroxylamine groups is 2. The lowest BCUT2D eigenvalue weighted by atomic mass is 10.1. The molecule has 0 radical (unpaired) electrons. The van der Waals surface area contributed by atoms with E-state index < -0.39 is 5.97 Å². The van der Waals surface area contributed by atoms with Gasteiger partial charge in [0.1, 0.15) is 6.61 Å². The SMILES string of the molecule is CCCCCCCN(OCc1ccccc1)C(=O)CCC(=O)O. The van der Waals surface area contributed by atoms with E-state index in [1.54, 1.807) is 0 Å². The van der Waals surface area contributed by atoms with E-state index in [9.17, 15) is 9.59 Å². The molecule has 1 aromatic rings. The number of carbonyl (C=O) groups is 2. The smallest absolute Gasteiger partial charge is 0.303 e. The number of carboxylic acids is 1. The summed E-state index contributed by atoms with van der Waals surface area (Å²) >= 11 is 0. The lowest BCUT2D eigenvalue weighted by molar-refractivity contribution is -0.192. The van der Waals surface area contributed by atoms with E-state index in [2.05, 4.69) is 6.92 Å².